The Kier molecular flexibility index (Phi) is 8.15. The molecule has 2 heterocycles. The number of hydrogen-bond acceptors (Lipinski definition) is 5. The van der Waals surface area contributed by atoms with E-state index in [9.17, 15) is 9.18 Å². The summed E-state index contributed by atoms with van der Waals surface area (Å²) in [6.07, 6.45) is 0.652. The first-order valence-electron chi connectivity index (χ1n) is 12.2. The highest BCUT2D eigenvalue weighted by Crippen LogP contribution is 2.32. The molecule has 8 heteroatoms. The minimum atomic E-state index is -0.277. The summed E-state index contributed by atoms with van der Waals surface area (Å²) in [7, 11) is 3.21. The van der Waals surface area contributed by atoms with E-state index in [-0.39, 0.29) is 11.7 Å². The molecule has 1 aliphatic heterocycles. The maximum absolute atomic E-state index is 13.5. The summed E-state index contributed by atoms with van der Waals surface area (Å²) < 4.78 is 31.8. The number of nitrogens with one attached hydrogen (secondary N) is 1. The lowest BCUT2D eigenvalue weighted by Gasteiger charge is -2.29. The Balaban J connectivity index is 1.57. The van der Waals surface area contributed by atoms with E-state index < -0.39 is 0 Å². The summed E-state index contributed by atoms with van der Waals surface area (Å²) in [4.78, 5) is 15.8. The van der Waals surface area contributed by atoms with Crippen LogP contribution in [0.5, 0.6) is 11.5 Å². The van der Waals surface area contributed by atoms with Crippen molar-refractivity contribution in [3.63, 3.8) is 0 Å². The molecule has 3 aromatic rings. The number of carbonyl (C=O) groups excluding carboxylic acids is 1. The first-order chi connectivity index (χ1) is 17.4. The van der Waals surface area contributed by atoms with Crippen molar-refractivity contribution < 1.29 is 23.4 Å². The molecule has 0 bridgehead atoms. The maximum atomic E-state index is 13.5. The summed E-state index contributed by atoms with van der Waals surface area (Å²) >= 11 is 0. The Morgan fingerprint density at radius 1 is 1.00 bits per heavy atom. The van der Waals surface area contributed by atoms with Crippen molar-refractivity contribution in [3.8, 4) is 11.5 Å². The molecule has 192 valence electrons. The average Bonchev–Trinajstić information content (AvgIpc) is 3.14. The number of hydrogen-bond donors (Lipinski definition) is 1. The second kappa shape index (κ2) is 11.5. The molecule has 1 fully saturated rings. The van der Waals surface area contributed by atoms with Gasteiger partial charge in [-0.15, -0.1) is 0 Å². The first-order valence-corrected chi connectivity index (χ1v) is 12.2. The Morgan fingerprint density at radius 2 is 1.67 bits per heavy atom. The molecular weight excluding hydrogens is 461 g/mol. The molecule has 0 radical (unpaired) electrons. The molecule has 0 unspecified atom stereocenters. The summed E-state index contributed by atoms with van der Waals surface area (Å²) in [5.74, 6) is 0.931. The lowest BCUT2D eigenvalue weighted by atomic mass is 10.1. The normalized spacial score (nSPS) is 13.5. The number of anilines is 1. The monoisotopic (exact) mass is 495 g/mol. The molecule has 1 aliphatic rings. The van der Waals surface area contributed by atoms with E-state index in [1.807, 2.05) is 36.6 Å². The number of carbonyl (C=O) groups is 1. The topological polar surface area (TPSA) is 65.0 Å². The molecule has 4 rings (SSSR count). The zero-order chi connectivity index (χ0) is 25.7. The van der Waals surface area contributed by atoms with Gasteiger partial charge in [0.1, 0.15) is 11.5 Å². The van der Waals surface area contributed by atoms with Crippen LogP contribution >= 0.6 is 0 Å². The van der Waals surface area contributed by atoms with E-state index in [0.29, 0.717) is 49.9 Å². The van der Waals surface area contributed by atoms with Crippen molar-refractivity contribution in [2.45, 2.75) is 26.8 Å². The van der Waals surface area contributed by atoms with Crippen molar-refractivity contribution in [2.24, 2.45) is 0 Å². The van der Waals surface area contributed by atoms with E-state index in [1.165, 1.54) is 12.1 Å². The predicted molar refractivity (Wildman–Crippen MR) is 138 cm³/mol. The molecule has 0 spiro atoms. The van der Waals surface area contributed by atoms with Crippen molar-refractivity contribution in [1.82, 2.24) is 9.88 Å². The lowest BCUT2D eigenvalue weighted by Crippen LogP contribution is -2.36. The second-order valence-corrected chi connectivity index (χ2v) is 8.91. The number of rotatable bonds is 9. The number of aromatic nitrogens is 1. The van der Waals surface area contributed by atoms with Crippen molar-refractivity contribution >= 4 is 11.6 Å². The quantitative estimate of drug-likeness (QED) is 0.484. The molecule has 1 aromatic heterocycles. The van der Waals surface area contributed by atoms with Gasteiger partial charge in [-0.2, -0.15) is 0 Å². The number of ether oxygens (including phenoxy) is 3. The summed E-state index contributed by atoms with van der Waals surface area (Å²) in [6, 6.07) is 12.2. The van der Waals surface area contributed by atoms with Crippen LogP contribution < -0.4 is 19.7 Å². The van der Waals surface area contributed by atoms with E-state index >= 15 is 0 Å². The van der Waals surface area contributed by atoms with E-state index in [4.69, 9.17) is 14.2 Å². The molecule has 1 saturated heterocycles. The minimum Gasteiger partial charge on any atom is -0.493 e. The fourth-order valence-electron chi connectivity index (χ4n) is 4.84. The zero-order valence-electron chi connectivity index (χ0n) is 21.4. The zero-order valence-corrected chi connectivity index (χ0v) is 21.4. The lowest BCUT2D eigenvalue weighted by molar-refractivity contribution is 0.0944. The van der Waals surface area contributed by atoms with Gasteiger partial charge in [0.05, 0.1) is 33.1 Å². The Hall–Kier alpha value is -3.52. The van der Waals surface area contributed by atoms with Crippen LogP contribution in [-0.4, -0.2) is 57.5 Å². The van der Waals surface area contributed by atoms with E-state index in [2.05, 4.69) is 10.2 Å². The van der Waals surface area contributed by atoms with Gasteiger partial charge in [-0.3, -0.25) is 4.79 Å². The van der Waals surface area contributed by atoms with Gasteiger partial charge in [0.25, 0.3) is 5.91 Å². The average molecular weight is 496 g/mol. The third-order valence-corrected chi connectivity index (χ3v) is 6.67. The largest absolute Gasteiger partial charge is 0.493 e. The highest BCUT2D eigenvalue weighted by molar-refractivity contribution is 5.96. The SMILES string of the molecule is COc1ccc(CCNC(=O)c2c(C)c(N3CCOCC3)c(C)n2Cc2ccc(F)cc2)cc1OC. The number of morpholine rings is 1. The van der Waals surface area contributed by atoms with Crippen LogP contribution in [0, 0.1) is 19.7 Å². The highest BCUT2D eigenvalue weighted by atomic mass is 19.1. The molecule has 1 amide bonds. The van der Waals surface area contributed by atoms with Gasteiger partial charge in [-0.05, 0) is 55.7 Å². The molecule has 2 aromatic carbocycles. The molecule has 0 aliphatic carbocycles. The molecule has 7 nitrogen and oxygen atoms in total. The minimum absolute atomic E-state index is 0.127. The van der Waals surface area contributed by atoms with Crippen molar-refractivity contribution in [3.05, 3.63) is 76.4 Å². The van der Waals surface area contributed by atoms with Crippen molar-refractivity contribution in [1.29, 1.82) is 0 Å². The molecular formula is C28H34FN3O4. The van der Waals surface area contributed by atoms with Crippen LogP contribution in [0.25, 0.3) is 0 Å². The Morgan fingerprint density at radius 3 is 2.33 bits per heavy atom. The van der Waals surface area contributed by atoms with Crippen LogP contribution in [0.4, 0.5) is 10.1 Å². The third-order valence-electron chi connectivity index (χ3n) is 6.67. The van der Waals surface area contributed by atoms with Gasteiger partial charge in [0, 0.05) is 37.4 Å². The molecule has 36 heavy (non-hydrogen) atoms. The summed E-state index contributed by atoms with van der Waals surface area (Å²) in [5.41, 5.74) is 5.64. The summed E-state index contributed by atoms with van der Waals surface area (Å²) in [6.45, 7) is 7.88. The van der Waals surface area contributed by atoms with Crippen LogP contribution in [0.15, 0.2) is 42.5 Å². The van der Waals surface area contributed by atoms with Crippen LogP contribution in [0.3, 0.4) is 0 Å². The third kappa shape index (κ3) is 5.49. The fraction of sp³-hybridized carbons (Fsp3) is 0.393. The highest BCUT2D eigenvalue weighted by Gasteiger charge is 2.27. The Bertz CT molecular complexity index is 1200. The first kappa shape index (κ1) is 25.6. The standard InChI is InChI=1S/C28H34FN3O4/c1-19-26(31-13-15-36-16-14-31)20(2)32(18-22-5-8-23(29)9-6-22)27(19)28(33)30-12-11-21-7-10-24(34-3)25(17-21)35-4/h5-10,17H,11-16,18H2,1-4H3,(H,30,33). The molecule has 1 N–H and O–H groups in total. The Labute approximate surface area is 211 Å². The van der Waals surface area contributed by atoms with Gasteiger partial charge in [-0.25, -0.2) is 4.39 Å². The van der Waals surface area contributed by atoms with Gasteiger partial charge in [0.2, 0.25) is 0 Å². The van der Waals surface area contributed by atoms with E-state index in [1.54, 1.807) is 26.4 Å². The van der Waals surface area contributed by atoms with E-state index in [0.717, 1.165) is 41.2 Å². The fourth-order valence-corrected chi connectivity index (χ4v) is 4.84. The van der Waals surface area contributed by atoms with Crippen LogP contribution in [-0.2, 0) is 17.7 Å². The smallest absolute Gasteiger partial charge is 0.268 e. The number of methoxy groups -OCH3 is 2. The van der Waals surface area contributed by atoms with Gasteiger partial charge >= 0.3 is 0 Å². The maximum Gasteiger partial charge on any atom is 0.268 e. The number of amides is 1. The predicted octanol–water partition coefficient (Wildman–Crippen LogP) is 4.12. The number of nitrogens with zero attached hydrogens (tertiary/aromatic N) is 2. The van der Waals surface area contributed by atoms with Crippen molar-refractivity contribution in [2.75, 3.05) is 52.0 Å². The van der Waals surface area contributed by atoms with Crippen LogP contribution in [0.2, 0.25) is 0 Å². The molecule has 0 saturated carbocycles. The van der Waals surface area contributed by atoms with Gasteiger partial charge in [-0.1, -0.05) is 18.2 Å². The number of benzene rings is 2. The van der Waals surface area contributed by atoms with Crippen LogP contribution in [0.1, 0.15) is 32.9 Å². The molecule has 0 atom stereocenters. The van der Waals surface area contributed by atoms with Gasteiger partial charge in [0.15, 0.2) is 11.5 Å². The van der Waals surface area contributed by atoms with Gasteiger partial charge < -0.3 is 29.0 Å². The second-order valence-electron chi connectivity index (χ2n) is 8.91. The number of halogens is 1. The summed E-state index contributed by atoms with van der Waals surface area (Å²) in [5, 5.41) is 3.10.